The molecule has 1 aliphatic carbocycles. The maximum Gasteiger partial charge on any atom is 0.255 e. The summed E-state index contributed by atoms with van der Waals surface area (Å²) in [6, 6.07) is 9.03. The van der Waals surface area contributed by atoms with Crippen molar-refractivity contribution in [1.82, 2.24) is 9.97 Å². The number of nitrogens with zero attached hydrogens (tertiary/aromatic N) is 2. The minimum atomic E-state index is -0.846. The molecule has 7 N–H and O–H groups in total. The van der Waals surface area contributed by atoms with E-state index in [4.69, 9.17) is 16.2 Å². The standard InChI is InChI=1S/C25H28FN7O3/c1-36-17-8-6-14(7-9-17)25(35)31-16-10-15(12-29-13-16)30-23-18(22(28)34)11-19(26)24(33-23)32-21-5-3-2-4-20(21)27/h6-13,20-21H,2-5,27H2,1H3,(H2,28,34)(H,31,35)(H2,30,32,33)/t20-,21+/m0/s1. The Morgan fingerprint density at radius 1 is 1.06 bits per heavy atom. The number of rotatable bonds is 8. The van der Waals surface area contributed by atoms with E-state index in [1.807, 2.05) is 0 Å². The molecule has 2 aromatic heterocycles. The third-order valence-corrected chi connectivity index (χ3v) is 5.99. The summed E-state index contributed by atoms with van der Waals surface area (Å²) in [4.78, 5) is 33.0. The second-order valence-electron chi connectivity index (χ2n) is 8.55. The van der Waals surface area contributed by atoms with Gasteiger partial charge in [-0.1, -0.05) is 12.8 Å². The lowest BCUT2D eigenvalue weighted by atomic mass is 9.91. The number of nitrogens with one attached hydrogen (secondary N) is 3. The largest absolute Gasteiger partial charge is 0.497 e. The average Bonchev–Trinajstić information content (AvgIpc) is 2.87. The third kappa shape index (κ3) is 5.87. The average molecular weight is 494 g/mol. The first-order valence-electron chi connectivity index (χ1n) is 11.5. The highest BCUT2D eigenvalue weighted by molar-refractivity contribution is 6.04. The summed E-state index contributed by atoms with van der Waals surface area (Å²) in [5, 5.41) is 8.79. The molecule has 11 heteroatoms. The smallest absolute Gasteiger partial charge is 0.255 e. The monoisotopic (exact) mass is 493 g/mol. The summed E-state index contributed by atoms with van der Waals surface area (Å²) in [5.41, 5.74) is 12.8. The van der Waals surface area contributed by atoms with E-state index >= 15 is 0 Å². The predicted molar refractivity (Wildman–Crippen MR) is 135 cm³/mol. The molecule has 0 bridgehead atoms. The van der Waals surface area contributed by atoms with Gasteiger partial charge in [0.1, 0.15) is 11.6 Å². The summed E-state index contributed by atoms with van der Waals surface area (Å²) in [6.07, 6.45) is 6.59. The van der Waals surface area contributed by atoms with Crippen molar-refractivity contribution in [1.29, 1.82) is 0 Å². The zero-order chi connectivity index (χ0) is 25.7. The van der Waals surface area contributed by atoms with E-state index in [0.717, 1.165) is 31.7 Å². The zero-order valence-corrected chi connectivity index (χ0v) is 19.8. The van der Waals surface area contributed by atoms with Crippen molar-refractivity contribution in [2.24, 2.45) is 11.5 Å². The lowest BCUT2D eigenvalue weighted by molar-refractivity contribution is 0.0997. The first kappa shape index (κ1) is 24.9. The molecule has 1 aromatic carbocycles. The molecular formula is C25H28FN7O3. The molecule has 0 aliphatic heterocycles. The van der Waals surface area contributed by atoms with Gasteiger partial charge in [-0.3, -0.25) is 14.6 Å². The van der Waals surface area contributed by atoms with Crippen LogP contribution in [0.15, 0.2) is 48.8 Å². The van der Waals surface area contributed by atoms with Gasteiger partial charge < -0.3 is 32.2 Å². The zero-order valence-electron chi connectivity index (χ0n) is 19.8. The lowest BCUT2D eigenvalue weighted by Crippen LogP contribution is -2.43. The second kappa shape index (κ2) is 11.0. The van der Waals surface area contributed by atoms with Gasteiger partial charge >= 0.3 is 0 Å². The number of amides is 2. The summed E-state index contributed by atoms with van der Waals surface area (Å²) in [6.45, 7) is 0. The van der Waals surface area contributed by atoms with Crippen LogP contribution in [0.3, 0.4) is 0 Å². The van der Waals surface area contributed by atoms with Crippen LogP contribution in [0.25, 0.3) is 0 Å². The quantitative estimate of drug-likeness (QED) is 0.319. The highest BCUT2D eigenvalue weighted by Crippen LogP contribution is 2.27. The molecule has 4 rings (SSSR count). The predicted octanol–water partition coefficient (Wildman–Crippen LogP) is 3.40. The van der Waals surface area contributed by atoms with Crippen molar-refractivity contribution in [3.8, 4) is 5.75 Å². The molecular weight excluding hydrogens is 465 g/mol. The van der Waals surface area contributed by atoms with Crippen LogP contribution >= 0.6 is 0 Å². The van der Waals surface area contributed by atoms with Gasteiger partial charge in [0, 0.05) is 17.6 Å². The number of halogens is 1. The first-order chi connectivity index (χ1) is 17.3. The summed E-state index contributed by atoms with van der Waals surface area (Å²) >= 11 is 0. The van der Waals surface area contributed by atoms with E-state index in [1.54, 1.807) is 37.4 Å². The normalized spacial score (nSPS) is 17.2. The molecule has 188 valence electrons. The minimum Gasteiger partial charge on any atom is -0.497 e. The number of carbonyl (C=O) groups excluding carboxylic acids is 2. The molecule has 0 unspecified atom stereocenters. The van der Waals surface area contributed by atoms with Crippen LogP contribution in [-0.4, -0.2) is 41.0 Å². The SMILES string of the molecule is COc1ccc(C(=O)Nc2cncc(Nc3nc(N[C@@H]4CCCC[C@@H]4N)c(F)cc3C(N)=O)c2)cc1. The third-order valence-electron chi connectivity index (χ3n) is 5.99. The van der Waals surface area contributed by atoms with Gasteiger partial charge in [0.25, 0.3) is 11.8 Å². The Hall–Kier alpha value is -4.25. The first-order valence-corrected chi connectivity index (χ1v) is 11.5. The number of methoxy groups -OCH3 is 1. The number of ether oxygens (including phenoxy) is 1. The van der Waals surface area contributed by atoms with Crippen LogP contribution in [0.4, 0.5) is 27.4 Å². The Balaban J connectivity index is 1.54. The number of hydrogen-bond donors (Lipinski definition) is 5. The molecule has 1 saturated carbocycles. The Labute approximate surface area is 207 Å². The van der Waals surface area contributed by atoms with Crippen LogP contribution < -0.4 is 32.2 Å². The van der Waals surface area contributed by atoms with E-state index in [-0.39, 0.29) is 35.2 Å². The number of hydrogen-bond acceptors (Lipinski definition) is 8. The van der Waals surface area contributed by atoms with Crippen LogP contribution in [0.1, 0.15) is 46.4 Å². The van der Waals surface area contributed by atoms with Crippen molar-refractivity contribution in [2.75, 3.05) is 23.1 Å². The number of aromatic nitrogens is 2. The molecule has 10 nitrogen and oxygen atoms in total. The van der Waals surface area contributed by atoms with Gasteiger partial charge in [-0.25, -0.2) is 9.37 Å². The molecule has 1 aliphatic rings. The van der Waals surface area contributed by atoms with Crippen molar-refractivity contribution >= 4 is 34.8 Å². The van der Waals surface area contributed by atoms with E-state index in [0.29, 0.717) is 22.7 Å². The highest BCUT2D eigenvalue weighted by atomic mass is 19.1. The fourth-order valence-electron chi connectivity index (χ4n) is 4.05. The van der Waals surface area contributed by atoms with Crippen molar-refractivity contribution in [3.63, 3.8) is 0 Å². The molecule has 36 heavy (non-hydrogen) atoms. The van der Waals surface area contributed by atoms with Gasteiger partial charge in [-0.2, -0.15) is 0 Å². The van der Waals surface area contributed by atoms with E-state index in [9.17, 15) is 14.0 Å². The van der Waals surface area contributed by atoms with Crippen LogP contribution in [0.2, 0.25) is 0 Å². The number of benzene rings is 1. The van der Waals surface area contributed by atoms with Crippen LogP contribution in [-0.2, 0) is 0 Å². The molecule has 3 aromatic rings. The number of pyridine rings is 2. The van der Waals surface area contributed by atoms with Crippen molar-refractivity contribution in [2.45, 2.75) is 37.8 Å². The van der Waals surface area contributed by atoms with Gasteiger partial charge in [-0.15, -0.1) is 0 Å². The minimum absolute atomic E-state index is 0.0261. The Bertz CT molecular complexity index is 1250. The van der Waals surface area contributed by atoms with Crippen LogP contribution in [0.5, 0.6) is 5.75 Å². The molecule has 2 atom stereocenters. The van der Waals surface area contributed by atoms with Crippen molar-refractivity contribution < 1.29 is 18.7 Å². The summed E-state index contributed by atoms with van der Waals surface area (Å²) in [5.74, 6) is -1.23. The Kier molecular flexibility index (Phi) is 7.59. The van der Waals surface area contributed by atoms with Gasteiger partial charge in [0.2, 0.25) is 0 Å². The second-order valence-corrected chi connectivity index (χ2v) is 8.55. The molecule has 0 radical (unpaired) electrons. The van der Waals surface area contributed by atoms with E-state index in [1.165, 1.54) is 12.4 Å². The van der Waals surface area contributed by atoms with Gasteiger partial charge in [0.05, 0.1) is 36.4 Å². The summed E-state index contributed by atoms with van der Waals surface area (Å²) in [7, 11) is 1.54. The van der Waals surface area contributed by atoms with Crippen molar-refractivity contribution in [3.05, 3.63) is 65.7 Å². The number of primary amides is 1. The maximum atomic E-state index is 14.8. The number of carbonyl (C=O) groups is 2. The number of nitrogens with two attached hydrogens (primary N) is 2. The molecule has 0 spiro atoms. The Morgan fingerprint density at radius 3 is 2.47 bits per heavy atom. The van der Waals surface area contributed by atoms with Gasteiger partial charge in [-0.05, 0) is 49.2 Å². The molecule has 2 amide bonds. The molecule has 1 fully saturated rings. The lowest BCUT2D eigenvalue weighted by Gasteiger charge is -2.30. The Morgan fingerprint density at radius 2 is 1.78 bits per heavy atom. The molecule has 0 saturated heterocycles. The highest BCUT2D eigenvalue weighted by Gasteiger charge is 2.24. The van der Waals surface area contributed by atoms with Crippen LogP contribution in [0, 0.1) is 5.82 Å². The fourth-order valence-corrected chi connectivity index (χ4v) is 4.05. The summed E-state index contributed by atoms with van der Waals surface area (Å²) < 4.78 is 19.9. The topological polar surface area (TPSA) is 157 Å². The molecule has 2 heterocycles. The van der Waals surface area contributed by atoms with Gasteiger partial charge in [0.15, 0.2) is 11.6 Å². The fraction of sp³-hybridized carbons (Fsp3) is 0.280. The van der Waals surface area contributed by atoms with E-state index < -0.39 is 11.7 Å². The maximum absolute atomic E-state index is 14.8. The van der Waals surface area contributed by atoms with E-state index in [2.05, 4.69) is 25.9 Å². The number of anilines is 4.